The Morgan fingerprint density at radius 3 is 2.03 bits per heavy atom. The Kier molecular flexibility index (Phi) is 6.96. The van der Waals surface area contributed by atoms with Gasteiger partial charge in [0.2, 0.25) is 5.75 Å². The molecule has 4 aromatic rings. The summed E-state index contributed by atoms with van der Waals surface area (Å²) in [5, 5.41) is 12.1. The second-order valence-electron chi connectivity index (χ2n) is 7.54. The maximum Gasteiger partial charge on any atom is 0.255 e. The van der Waals surface area contributed by atoms with E-state index in [1.165, 1.54) is 0 Å². The maximum atomic E-state index is 13.2. The lowest BCUT2D eigenvalue weighted by Crippen LogP contribution is -2.14. The first-order valence-electron chi connectivity index (χ1n) is 11.3. The third-order valence-corrected chi connectivity index (χ3v) is 5.13. The molecule has 0 bridgehead atoms. The Hall–Kier alpha value is -4.07. The van der Waals surface area contributed by atoms with Crippen molar-refractivity contribution in [2.24, 2.45) is 0 Å². The highest BCUT2D eigenvalue weighted by atomic mass is 16.5. The number of ether oxygens (including phenoxy) is 3. The summed E-state index contributed by atoms with van der Waals surface area (Å²) in [4.78, 5) is 14.8. The lowest BCUT2D eigenvalue weighted by molar-refractivity contribution is 0.102. The zero-order chi connectivity index (χ0) is 24.1. The molecule has 0 unspecified atom stereocenters. The third-order valence-electron chi connectivity index (χ3n) is 5.13. The molecule has 0 aliphatic rings. The SMILES string of the molecule is CCOc1cc(C(=O)Nc2cc3nn(-c4ccccc4)nc3cc2C)cc(OCC)c1OCC. The topological polar surface area (TPSA) is 87.5 Å². The van der Waals surface area contributed by atoms with Gasteiger partial charge in [0.1, 0.15) is 11.0 Å². The van der Waals surface area contributed by atoms with E-state index in [9.17, 15) is 4.79 Å². The van der Waals surface area contributed by atoms with E-state index in [-0.39, 0.29) is 5.91 Å². The third kappa shape index (κ3) is 4.80. The molecule has 0 spiro atoms. The largest absolute Gasteiger partial charge is 0.490 e. The molecule has 34 heavy (non-hydrogen) atoms. The van der Waals surface area contributed by atoms with Crippen LogP contribution in [0.25, 0.3) is 16.7 Å². The molecule has 3 aromatic carbocycles. The Labute approximate surface area is 198 Å². The average Bonchev–Trinajstić information content (AvgIpc) is 3.24. The van der Waals surface area contributed by atoms with Crippen LogP contribution in [0.15, 0.2) is 54.6 Å². The second kappa shape index (κ2) is 10.2. The first-order valence-corrected chi connectivity index (χ1v) is 11.3. The van der Waals surface area contributed by atoms with Crippen molar-refractivity contribution in [1.29, 1.82) is 0 Å². The summed E-state index contributed by atoms with van der Waals surface area (Å²) in [7, 11) is 0. The molecule has 8 heteroatoms. The Balaban J connectivity index is 1.66. The van der Waals surface area contributed by atoms with Gasteiger partial charge in [-0.3, -0.25) is 4.79 Å². The number of aryl methyl sites for hydroxylation is 1. The lowest BCUT2D eigenvalue weighted by atomic mass is 10.1. The fourth-order valence-corrected chi connectivity index (χ4v) is 3.59. The van der Waals surface area contributed by atoms with Gasteiger partial charge in [-0.1, -0.05) is 18.2 Å². The minimum atomic E-state index is -0.289. The van der Waals surface area contributed by atoms with Crippen molar-refractivity contribution in [3.05, 3.63) is 65.7 Å². The average molecular weight is 461 g/mol. The molecule has 1 amide bonds. The maximum absolute atomic E-state index is 13.2. The van der Waals surface area contributed by atoms with Gasteiger partial charge in [-0.25, -0.2) is 0 Å². The van der Waals surface area contributed by atoms with Crippen LogP contribution in [-0.4, -0.2) is 40.7 Å². The molecule has 1 N–H and O–H groups in total. The number of carbonyl (C=O) groups excluding carboxylic acids is 1. The summed E-state index contributed by atoms with van der Waals surface area (Å²) >= 11 is 0. The van der Waals surface area contributed by atoms with Gasteiger partial charge in [-0.15, -0.1) is 10.2 Å². The predicted octanol–water partition coefficient (Wildman–Crippen LogP) is 5.18. The van der Waals surface area contributed by atoms with Crippen LogP contribution in [0, 0.1) is 6.92 Å². The Bertz CT molecular complexity index is 1270. The first kappa shape index (κ1) is 23.1. The summed E-state index contributed by atoms with van der Waals surface area (Å²) in [6, 6.07) is 16.8. The van der Waals surface area contributed by atoms with Crippen LogP contribution in [0.1, 0.15) is 36.7 Å². The zero-order valence-corrected chi connectivity index (χ0v) is 19.8. The normalized spacial score (nSPS) is 10.8. The highest BCUT2D eigenvalue weighted by Gasteiger charge is 2.19. The molecule has 4 rings (SSSR count). The lowest BCUT2D eigenvalue weighted by Gasteiger charge is -2.17. The molecule has 0 saturated heterocycles. The standard InChI is InChI=1S/C26H28N4O4/c1-5-32-23-14-18(15-24(33-6-2)25(23)34-7-3)26(31)27-20-16-22-21(13-17(20)4)28-30(29-22)19-11-9-8-10-12-19/h8-16H,5-7H2,1-4H3,(H,27,31). The van der Waals surface area contributed by atoms with Crippen LogP contribution in [-0.2, 0) is 0 Å². The van der Waals surface area contributed by atoms with Gasteiger partial charge in [0, 0.05) is 11.3 Å². The number of carbonyl (C=O) groups is 1. The van der Waals surface area contributed by atoms with Gasteiger partial charge < -0.3 is 19.5 Å². The van der Waals surface area contributed by atoms with E-state index < -0.39 is 0 Å². The smallest absolute Gasteiger partial charge is 0.255 e. The van der Waals surface area contributed by atoms with E-state index in [2.05, 4.69) is 15.5 Å². The predicted molar refractivity (Wildman–Crippen MR) is 132 cm³/mol. The van der Waals surface area contributed by atoms with Gasteiger partial charge in [-0.05, 0) is 69.7 Å². The van der Waals surface area contributed by atoms with Crippen molar-refractivity contribution in [2.75, 3.05) is 25.1 Å². The number of anilines is 1. The van der Waals surface area contributed by atoms with Crippen molar-refractivity contribution in [2.45, 2.75) is 27.7 Å². The van der Waals surface area contributed by atoms with E-state index >= 15 is 0 Å². The van der Waals surface area contributed by atoms with E-state index in [0.717, 1.165) is 16.8 Å². The van der Waals surface area contributed by atoms with Crippen LogP contribution in [0.5, 0.6) is 17.2 Å². The van der Waals surface area contributed by atoms with Gasteiger partial charge in [-0.2, -0.15) is 4.80 Å². The number of hydrogen-bond acceptors (Lipinski definition) is 6. The van der Waals surface area contributed by atoms with Crippen LogP contribution in [0.3, 0.4) is 0 Å². The number of fused-ring (bicyclic) bond motifs is 1. The van der Waals surface area contributed by atoms with Crippen molar-refractivity contribution >= 4 is 22.6 Å². The number of rotatable bonds is 9. The number of para-hydroxylation sites is 1. The van der Waals surface area contributed by atoms with Crippen LogP contribution < -0.4 is 19.5 Å². The molecule has 176 valence electrons. The summed E-state index contributed by atoms with van der Waals surface area (Å²) < 4.78 is 17.2. The first-order chi connectivity index (χ1) is 16.5. The van der Waals surface area contributed by atoms with Crippen molar-refractivity contribution in [1.82, 2.24) is 15.0 Å². The van der Waals surface area contributed by atoms with Crippen LogP contribution in [0.2, 0.25) is 0 Å². The summed E-state index contributed by atoms with van der Waals surface area (Å²) in [6.45, 7) is 8.89. The number of aromatic nitrogens is 3. The quantitative estimate of drug-likeness (QED) is 0.370. The summed E-state index contributed by atoms with van der Waals surface area (Å²) in [5.74, 6) is 1.15. The molecule has 0 fully saturated rings. The van der Waals surface area contributed by atoms with Crippen molar-refractivity contribution < 1.29 is 19.0 Å². The zero-order valence-electron chi connectivity index (χ0n) is 19.8. The van der Waals surface area contributed by atoms with Gasteiger partial charge in [0.15, 0.2) is 11.5 Å². The molecule has 1 heterocycles. The number of nitrogens with one attached hydrogen (secondary N) is 1. The monoisotopic (exact) mass is 460 g/mol. The molecule has 0 radical (unpaired) electrons. The number of hydrogen-bond donors (Lipinski definition) is 1. The van der Waals surface area contributed by atoms with Gasteiger partial charge in [0.05, 0.1) is 25.5 Å². The molecular weight excluding hydrogens is 432 g/mol. The van der Waals surface area contributed by atoms with E-state index in [4.69, 9.17) is 14.2 Å². The van der Waals surface area contributed by atoms with E-state index in [1.807, 2.05) is 70.2 Å². The van der Waals surface area contributed by atoms with E-state index in [0.29, 0.717) is 53.8 Å². The molecule has 0 aliphatic carbocycles. The van der Waals surface area contributed by atoms with Crippen LogP contribution >= 0.6 is 0 Å². The number of amides is 1. The molecule has 0 atom stereocenters. The number of benzene rings is 3. The summed E-state index contributed by atoms with van der Waals surface area (Å²) in [5.41, 5.74) is 4.23. The number of nitrogens with zero attached hydrogens (tertiary/aromatic N) is 3. The Morgan fingerprint density at radius 2 is 1.44 bits per heavy atom. The highest BCUT2D eigenvalue weighted by molar-refractivity contribution is 6.06. The fourth-order valence-electron chi connectivity index (χ4n) is 3.59. The minimum Gasteiger partial charge on any atom is -0.490 e. The van der Waals surface area contributed by atoms with Crippen LogP contribution in [0.4, 0.5) is 5.69 Å². The molecule has 0 aliphatic heterocycles. The van der Waals surface area contributed by atoms with Gasteiger partial charge >= 0.3 is 0 Å². The Morgan fingerprint density at radius 1 is 0.853 bits per heavy atom. The molecule has 0 saturated carbocycles. The molecule has 1 aromatic heterocycles. The minimum absolute atomic E-state index is 0.289. The van der Waals surface area contributed by atoms with Gasteiger partial charge in [0.25, 0.3) is 5.91 Å². The molecule has 8 nitrogen and oxygen atoms in total. The van der Waals surface area contributed by atoms with Crippen molar-refractivity contribution in [3.8, 4) is 22.9 Å². The molecular formula is C26H28N4O4. The fraction of sp³-hybridized carbons (Fsp3) is 0.269. The summed E-state index contributed by atoms with van der Waals surface area (Å²) in [6.07, 6.45) is 0. The van der Waals surface area contributed by atoms with Crippen molar-refractivity contribution in [3.63, 3.8) is 0 Å². The second-order valence-corrected chi connectivity index (χ2v) is 7.54. The highest BCUT2D eigenvalue weighted by Crippen LogP contribution is 2.39. The van der Waals surface area contributed by atoms with E-state index in [1.54, 1.807) is 16.9 Å².